The minimum absolute atomic E-state index is 0.0348. The Kier molecular flexibility index (Phi) is 5.68. The summed E-state index contributed by atoms with van der Waals surface area (Å²) in [6.07, 6.45) is 1.85. The lowest BCUT2D eigenvalue weighted by Crippen LogP contribution is -2.32. The van der Waals surface area contributed by atoms with Crippen LogP contribution in [-0.4, -0.2) is 51.3 Å². The van der Waals surface area contributed by atoms with Crippen molar-refractivity contribution in [3.8, 4) is 0 Å². The molecule has 1 aliphatic rings. The number of nitrogens with zero attached hydrogens (tertiary/aromatic N) is 3. The van der Waals surface area contributed by atoms with Gasteiger partial charge in [-0.1, -0.05) is 34.1 Å². The molecule has 1 saturated heterocycles. The second kappa shape index (κ2) is 8.28. The first-order chi connectivity index (χ1) is 14.8. The van der Waals surface area contributed by atoms with Crippen molar-refractivity contribution in [2.75, 3.05) is 20.3 Å². The summed E-state index contributed by atoms with van der Waals surface area (Å²) in [5, 5.41) is 11.3. The standard InChI is InChI=1S/C23H22BrN3O4/c1-13-5-4-10-26-14(2)18(25-22(13)26)20(28)17-19(15-6-8-16(24)9-7-15)27(11-12-31-3)23(30)21(17)29/h4-10,19,28H,11-12H2,1-3H3. The highest BCUT2D eigenvalue weighted by Gasteiger charge is 2.46. The molecule has 2 aromatic heterocycles. The third-order valence-electron chi connectivity index (χ3n) is 5.57. The van der Waals surface area contributed by atoms with Gasteiger partial charge in [-0.2, -0.15) is 0 Å². The van der Waals surface area contributed by atoms with Crippen LogP contribution in [-0.2, 0) is 14.3 Å². The number of aliphatic hydroxyl groups excluding tert-OH is 1. The number of fused-ring (bicyclic) bond motifs is 1. The van der Waals surface area contributed by atoms with Gasteiger partial charge >= 0.3 is 0 Å². The number of hydrogen-bond acceptors (Lipinski definition) is 5. The van der Waals surface area contributed by atoms with E-state index in [-0.39, 0.29) is 24.5 Å². The summed E-state index contributed by atoms with van der Waals surface area (Å²) in [5.74, 6) is -1.66. The minimum Gasteiger partial charge on any atom is -0.505 e. The molecule has 31 heavy (non-hydrogen) atoms. The normalized spacial score (nSPS) is 18.3. The number of methoxy groups -OCH3 is 1. The predicted octanol–water partition coefficient (Wildman–Crippen LogP) is 3.78. The van der Waals surface area contributed by atoms with Gasteiger partial charge in [-0.3, -0.25) is 9.59 Å². The molecule has 3 heterocycles. The van der Waals surface area contributed by atoms with E-state index in [0.717, 1.165) is 15.6 Å². The number of halogens is 1. The van der Waals surface area contributed by atoms with Crippen LogP contribution in [0.25, 0.3) is 11.4 Å². The van der Waals surface area contributed by atoms with Gasteiger partial charge in [0.25, 0.3) is 11.7 Å². The van der Waals surface area contributed by atoms with Crippen molar-refractivity contribution in [3.05, 3.63) is 75.2 Å². The number of amides is 1. The quantitative estimate of drug-likeness (QED) is 0.339. The summed E-state index contributed by atoms with van der Waals surface area (Å²) in [6.45, 7) is 4.25. The molecule has 1 unspecified atom stereocenters. The van der Waals surface area contributed by atoms with E-state index in [0.29, 0.717) is 17.0 Å². The summed E-state index contributed by atoms with van der Waals surface area (Å²) in [7, 11) is 1.54. The van der Waals surface area contributed by atoms with Crippen LogP contribution >= 0.6 is 15.9 Å². The highest BCUT2D eigenvalue weighted by molar-refractivity contribution is 9.10. The highest BCUT2D eigenvalue weighted by Crippen LogP contribution is 2.40. The van der Waals surface area contributed by atoms with Crippen molar-refractivity contribution in [1.29, 1.82) is 0 Å². The second-order valence-corrected chi connectivity index (χ2v) is 8.38. The third-order valence-corrected chi connectivity index (χ3v) is 6.10. The fraction of sp³-hybridized carbons (Fsp3) is 0.261. The lowest BCUT2D eigenvalue weighted by molar-refractivity contribution is -0.140. The Balaban J connectivity index is 1.93. The number of hydrogen-bond donors (Lipinski definition) is 1. The van der Waals surface area contributed by atoms with Crippen LogP contribution in [0.1, 0.15) is 28.6 Å². The van der Waals surface area contributed by atoms with Crippen LogP contribution in [0, 0.1) is 13.8 Å². The molecule has 1 amide bonds. The van der Waals surface area contributed by atoms with Crippen LogP contribution in [0.4, 0.5) is 0 Å². The molecule has 0 saturated carbocycles. The number of rotatable bonds is 5. The summed E-state index contributed by atoms with van der Waals surface area (Å²) < 4.78 is 7.87. The average Bonchev–Trinajstić information content (AvgIpc) is 3.22. The largest absolute Gasteiger partial charge is 0.505 e. The monoisotopic (exact) mass is 483 g/mol. The van der Waals surface area contributed by atoms with E-state index < -0.39 is 17.7 Å². The molecule has 0 bridgehead atoms. The molecule has 1 atom stereocenters. The first-order valence-corrected chi connectivity index (χ1v) is 10.6. The summed E-state index contributed by atoms with van der Waals surface area (Å²) in [4.78, 5) is 31.9. The Labute approximate surface area is 188 Å². The number of pyridine rings is 1. The van der Waals surface area contributed by atoms with Crippen molar-refractivity contribution < 1.29 is 19.4 Å². The molecule has 4 rings (SSSR count). The molecule has 160 valence electrons. The van der Waals surface area contributed by atoms with E-state index in [9.17, 15) is 14.7 Å². The minimum atomic E-state index is -0.728. The maximum atomic E-state index is 13.0. The van der Waals surface area contributed by atoms with Crippen molar-refractivity contribution in [1.82, 2.24) is 14.3 Å². The van der Waals surface area contributed by atoms with Crippen LogP contribution in [0.3, 0.4) is 0 Å². The number of Topliss-reactive ketones (excluding diaryl/α,β-unsaturated/α-hetero) is 1. The Morgan fingerprint density at radius 2 is 1.90 bits per heavy atom. The first-order valence-electron chi connectivity index (χ1n) is 9.82. The van der Waals surface area contributed by atoms with Gasteiger partial charge in [0.1, 0.15) is 11.3 Å². The summed E-state index contributed by atoms with van der Waals surface area (Å²) in [6, 6.07) is 10.4. The fourth-order valence-corrected chi connectivity index (χ4v) is 4.23. The number of aryl methyl sites for hydroxylation is 2. The lowest BCUT2D eigenvalue weighted by atomic mass is 9.96. The third kappa shape index (κ3) is 3.55. The second-order valence-electron chi connectivity index (χ2n) is 7.47. The molecule has 1 fully saturated rings. The predicted molar refractivity (Wildman–Crippen MR) is 120 cm³/mol. The fourth-order valence-electron chi connectivity index (χ4n) is 3.97. The maximum Gasteiger partial charge on any atom is 0.295 e. The lowest BCUT2D eigenvalue weighted by Gasteiger charge is -2.25. The van der Waals surface area contributed by atoms with Crippen molar-refractivity contribution in [3.63, 3.8) is 0 Å². The zero-order valence-electron chi connectivity index (χ0n) is 17.4. The molecule has 8 heteroatoms. The Hall–Kier alpha value is -2.97. The van der Waals surface area contributed by atoms with Crippen LogP contribution in [0.15, 0.2) is 52.6 Å². The number of benzene rings is 1. The van der Waals surface area contributed by atoms with Gasteiger partial charge in [0.2, 0.25) is 0 Å². The topological polar surface area (TPSA) is 84.1 Å². The van der Waals surface area contributed by atoms with E-state index in [4.69, 9.17) is 4.74 Å². The zero-order valence-corrected chi connectivity index (χ0v) is 19.0. The maximum absolute atomic E-state index is 13.0. The molecular formula is C23H22BrN3O4. The molecule has 0 radical (unpaired) electrons. The first kappa shape index (κ1) is 21.3. The molecule has 1 N–H and O–H groups in total. The van der Waals surface area contributed by atoms with E-state index in [1.807, 2.05) is 60.8 Å². The van der Waals surface area contributed by atoms with Crippen molar-refractivity contribution >= 4 is 39.0 Å². The average molecular weight is 484 g/mol. The molecule has 1 aromatic carbocycles. The van der Waals surface area contributed by atoms with Crippen LogP contribution in [0.2, 0.25) is 0 Å². The number of likely N-dealkylation sites (tertiary alicyclic amines) is 1. The molecule has 0 spiro atoms. The number of aliphatic hydroxyl groups is 1. The van der Waals surface area contributed by atoms with Gasteiger partial charge in [-0.25, -0.2) is 4.98 Å². The van der Waals surface area contributed by atoms with Gasteiger partial charge in [-0.05, 0) is 43.2 Å². The highest BCUT2D eigenvalue weighted by atomic mass is 79.9. The molecule has 3 aromatic rings. The van der Waals surface area contributed by atoms with E-state index >= 15 is 0 Å². The Morgan fingerprint density at radius 3 is 2.55 bits per heavy atom. The van der Waals surface area contributed by atoms with E-state index in [1.54, 1.807) is 0 Å². The Bertz CT molecular complexity index is 1210. The Morgan fingerprint density at radius 1 is 1.19 bits per heavy atom. The number of ether oxygens (including phenoxy) is 1. The van der Waals surface area contributed by atoms with Crippen molar-refractivity contribution in [2.45, 2.75) is 19.9 Å². The van der Waals surface area contributed by atoms with Crippen LogP contribution < -0.4 is 0 Å². The number of aromatic nitrogens is 2. The number of imidazole rings is 1. The van der Waals surface area contributed by atoms with E-state index in [2.05, 4.69) is 20.9 Å². The molecule has 7 nitrogen and oxygen atoms in total. The molecule has 1 aliphatic heterocycles. The van der Waals surface area contributed by atoms with Gasteiger partial charge < -0.3 is 19.1 Å². The van der Waals surface area contributed by atoms with Gasteiger partial charge in [-0.15, -0.1) is 0 Å². The summed E-state index contributed by atoms with van der Waals surface area (Å²) in [5.41, 5.74) is 3.37. The molecular weight excluding hydrogens is 462 g/mol. The number of carbonyl (C=O) groups is 2. The van der Waals surface area contributed by atoms with E-state index in [1.165, 1.54) is 12.0 Å². The number of carbonyl (C=O) groups excluding carboxylic acids is 2. The van der Waals surface area contributed by atoms with Gasteiger partial charge in [0, 0.05) is 24.3 Å². The number of ketones is 1. The zero-order chi connectivity index (χ0) is 22.3. The van der Waals surface area contributed by atoms with Gasteiger partial charge in [0.05, 0.1) is 23.9 Å². The molecule has 0 aliphatic carbocycles. The van der Waals surface area contributed by atoms with Crippen molar-refractivity contribution in [2.24, 2.45) is 0 Å². The van der Waals surface area contributed by atoms with Crippen LogP contribution in [0.5, 0.6) is 0 Å². The van der Waals surface area contributed by atoms with Gasteiger partial charge in [0.15, 0.2) is 5.76 Å². The SMILES string of the molecule is COCCN1C(=O)C(=O)C(=C(O)c2nc3c(C)cccn3c2C)C1c1ccc(Br)cc1. The summed E-state index contributed by atoms with van der Waals surface area (Å²) >= 11 is 3.41. The smallest absolute Gasteiger partial charge is 0.295 e.